The van der Waals surface area contributed by atoms with E-state index in [0.717, 1.165) is 28.9 Å². The number of carbonyl (C=O) groups is 2. The summed E-state index contributed by atoms with van der Waals surface area (Å²) < 4.78 is 16.7. The highest BCUT2D eigenvalue weighted by Crippen LogP contribution is 2.32. The highest BCUT2D eigenvalue weighted by atomic mass is 16.5. The number of aryl methyl sites for hydroxylation is 1. The van der Waals surface area contributed by atoms with E-state index in [9.17, 15) is 9.59 Å². The van der Waals surface area contributed by atoms with Gasteiger partial charge >= 0.3 is 0 Å². The van der Waals surface area contributed by atoms with Crippen molar-refractivity contribution in [2.24, 2.45) is 0 Å². The van der Waals surface area contributed by atoms with E-state index in [1.165, 1.54) is 0 Å². The van der Waals surface area contributed by atoms with Crippen LogP contribution in [0.25, 0.3) is 6.08 Å². The third kappa shape index (κ3) is 5.46. The van der Waals surface area contributed by atoms with E-state index in [-0.39, 0.29) is 18.3 Å². The molecule has 1 amide bonds. The van der Waals surface area contributed by atoms with Crippen LogP contribution in [0.15, 0.2) is 72.3 Å². The molecule has 0 atom stereocenters. The largest absolute Gasteiger partial charge is 0.497 e. The second kappa shape index (κ2) is 10.7. The van der Waals surface area contributed by atoms with Crippen LogP contribution in [0, 0.1) is 0 Å². The van der Waals surface area contributed by atoms with Gasteiger partial charge in [0.15, 0.2) is 23.9 Å². The smallest absolute Gasteiger partial charge is 0.262 e. The van der Waals surface area contributed by atoms with Crippen LogP contribution in [-0.4, -0.2) is 32.0 Å². The van der Waals surface area contributed by atoms with Crippen LogP contribution in [0.2, 0.25) is 0 Å². The van der Waals surface area contributed by atoms with Gasteiger partial charge in [-0.3, -0.25) is 9.59 Å². The Labute approximate surface area is 199 Å². The number of ether oxygens (including phenoxy) is 3. The first-order valence-corrected chi connectivity index (χ1v) is 11.2. The quantitative estimate of drug-likeness (QED) is 0.463. The number of methoxy groups -OCH3 is 1. The van der Waals surface area contributed by atoms with Crippen LogP contribution in [0.1, 0.15) is 34.8 Å². The number of Topliss-reactive ketones (excluding diaryl/α,β-unsaturated/α-hetero) is 1. The van der Waals surface area contributed by atoms with Crippen molar-refractivity contribution in [3.05, 3.63) is 89.0 Å². The van der Waals surface area contributed by atoms with Gasteiger partial charge in [-0.25, -0.2) is 0 Å². The number of rotatable bonds is 8. The molecule has 6 heteroatoms. The second-order valence-corrected chi connectivity index (χ2v) is 7.86. The lowest BCUT2D eigenvalue weighted by molar-refractivity contribution is -0.118. The summed E-state index contributed by atoms with van der Waals surface area (Å²) in [5.74, 6) is 1.52. The number of carbonyl (C=O) groups excluding carboxylic acids is 2. The Balaban J connectivity index is 1.48. The van der Waals surface area contributed by atoms with Gasteiger partial charge in [0.1, 0.15) is 5.75 Å². The van der Waals surface area contributed by atoms with Crippen LogP contribution in [0.5, 0.6) is 17.2 Å². The predicted octanol–water partition coefficient (Wildman–Crippen LogP) is 5.32. The molecular weight excluding hydrogens is 430 g/mol. The lowest BCUT2D eigenvalue weighted by Gasteiger charge is -2.18. The lowest BCUT2D eigenvalue weighted by Crippen LogP contribution is -2.20. The topological polar surface area (TPSA) is 73.9 Å². The fraction of sp³-hybridized carbons (Fsp3) is 0.214. The Morgan fingerprint density at radius 3 is 2.56 bits per heavy atom. The first-order chi connectivity index (χ1) is 16.6. The van der Waals surface area contributed by atoms with E-state index in [2.05, 4.69) is 5.32 Å². The molecule has 1 aliphatic carbocycles. The Kier molecular flexibility index (Phi) is 7.28. The minimum absolute atomic E-state index is 0.0276. The molecule has 3 aromatic carbocycles. The molecule has 0 spiro atoms. The maximum absolute atomic E-state index is 13.0. The van der Waals surface area contributed by atoms with E-state index < -0.39 is 0 Å². The molecule has 0 saturated heterocycles. The van der Waals surface area contributed by atoms with Crippen LogP contribution in [0.4, 0.5) is 5.69 Å². The van der Waals surface area contributed by atoms with Crippen LogP contribution >= 0.6 is 0 Å². The number of para-hydroxylation sites is 1. The van der Waals surface area contributed by atoms with Gasteiger partial charge in [0.25, 0.3) is 5.91 Å². The van der Waals surface area contributed by atoms with Gasteiger partial charge in [-0.05, 0) is 79.4 Å². The van der Waals surface area contributed by atoms with E-state index in [1.807, 2.05) is 73.7 Å². The van der Waals surface area contributed by atoms with E-state index in [4.69, 9.17) is 14.2 Å². The van der Waals surface area contributed by atoms with E-state index >= 15 is 0 Å². The van der Waals surface area contributed by atoms with Gasteiger partial charge in [0, 0.05) is 16.8 Å². The second-order valence-electron chi connectivity index (χ2n) is 7.86. The SMILES string of the molecule is CCOc1cc(/C=C2\CCc3cc(OC)ccc3C2=O)ccc1OCC(=O)Nc1ccccc1. The van der Waals surface area contributed by atoms with Crippen molar-refractivity contribution >= 4 is 23.5 Å². The minimum atomic E-state index is -0.261. The summed E-state index contributed by atoms with van der Waals surface area (Å²) in [6, 6.07) is 20.2. The van der Waals surface area contributed by atoms with Gasteiger partial charge in [0.05, 0.1) is 13.7 Å². The number of anilines is 1. The fourth-order valence-corrected chi connectivity index (χ4v) is 3.88. The predicted molar refractivity (Wildman–Crippen MR) is 132 cm³/mol. The van der Waals surface area contributed by atoms with Crippen LogP contribution in [-0.2, 0) is 11.2 Å². The molecule has 174 valence electrons. The number of amides is 1. The van der Waals surface area contributed by atoms with Crippen molar-refractivity contribution in [2.75, 3.05) is 25.6 Å². The first-order valence-electron chi connectivity index (χ1n) is 11.2. The number of ketones is 1. The number of benzene rings is 3. The molecule has 0 aromatic heterocycles. The third-order valence-electron chi connectivity index (χ3n) is 5.54. The van der Waals surface area contributed by atoms with Crippen molar-refractivity contribution in [2.45, 2.75) is 19.8 Å². The average molecular weight is 458 g/mol. The van der Waals surface area contributed by atoms with Gasteiger partial charge in [-0.2, -0.15) is 0 Å². The summed E-state index contributed by atoms with van der Waals surface area (Å²) >= 11 is 0. The summed E-state index contributed by atoms with van der Waals surface area (Å²) in [4.78, 5) is 25.2. The molecule has 0 bridgehead atoms. The molecule has 4 rings (SSSR count). The van der Waals surface area contributed by atoms with Crippen molar-refractivity contribution in [3.8, 4) is 17.2 Å². The molecular formula is C28H27NO5. The Hall–Kier alpha value is -4.06. The zero-order valence-electron chi connectivity index (χ0n) is 19.3. The van der Waals surface area contributed by atoms with Crippen LogP contribution < -0.4 is 19.5 Å². The number of allylic oxidation sites excluding steroid dienone is 1. The Morgan fingerprint density at radius 2 is 1.79 bits per heavy atom. The van der Waals surface area contributed by atoms with Crippen molar-refractivity contribution in [1.29, 1.82) is 0 Å². The monoisotopic (exact) mass is 457 g/mol. The van der Waals surface area contributed by atoms with E-state index in [0.29, 0.717) is 35.8 Å². The van der Waals surface area contributed by atoms with Crippen molar-refractivity contribution < 1.29 is 23.8 Å². The zero-order chi connectivity index (χ0) is 23.9. The summed E-state index contributed by atoms with van der Waals surface area (Å²) in [6.45, 7) is 2.18. The van der Waals surface area contributed by atoms with Gasteiger partial charge < -0.3 is 19.5 Å². The summed E-state index contributed by atoms with van der Waals surface area (Å²) in [6.07, 6.45) is 3.32. The summed E-state index contributed by atoms with van der Waals surface area (Å²) in [5.41, 5.74) is 4.02. The number of hydrogen-bond donors (Lipinski definition) is 1. The van der Waals surface area contributed by atoms with E-state index in [1.54, 1.807) is 13.2 Å². The molecule has 34 heavy (non-hydrogen) atoms. The summed E-state index contributed by atoms with van der Waals surface area (Å²) in [5, 5.41) is 2.79. The maximum Gasteiger partial charge on any atom is 0.262 e. The molecule has 0 unspecified atom stereocenters. The molecule has 0 fully saturated rings. The lowest BCUT2D eigenvalue weighted by atomic mass is 9.86. The molecule has 1 N–H and O–H groups in total. The molecule has 6 nitrogen and oxygen atoms in total. The third-order valence-corrected chi connectivity index (χ3v) is 5.54. The van der Waals surface area contributed by atoms with Gasteiger partial charge in [0.2, 0.25) is 0 Å². The average Bonchev–Trinajstić information content (AvgIpc) is 2.86. The molecule has 0 aliphatic heterocycles. The Bertz CT molecular complexity index is 1220. The van der Waals surface area contributed by atoms with Crippen molar-refractivity contribution in [1.82, 2.24) is 0 Å². The van der Waals surface area contributed by atoms with Gasteiger partial charge in [-0.15, -0.1) is 0 Å². The molecule has 0 heterocycles. The molecule has 0 saturated carbocycles. The van der Waals surface area contributed by atoms with Gasteiger partial charge in [-0.1, -0.05) is 24.3 Å². The van der Waals surface area contributed by atoms with Crippen molar-refractivity contribution in [3.63, 3.8) is 0 Å². The fourth-order valence-electron chi connectivity index (χ4n) is 3.88. The highest BCUT2D eigenvalue weighted by molar-refractivity contribution is 6.13. The molecule has 0 radical (unpaired) electrons. The highest BCUT2D eigenvalue weighted by Gasteiger charge is 2.22. The molecule has 3 aromatic rings. The van der Waals surface area contributed by atoms with Crippen LogP contribution in [0.3, 0.4) is 0 Å². The number of fused-ring (bicyclic) bond motifs is 1. The minimum Gasteiger partial charge on any atom is -0.497 e. The normalized spacial score (nSPS) is 13.8. The zero-order valence-corrected chi connectivity index (χ0v) is 19.3. The number of nitrogens with one attached hydrogen (secondary N) is 1. The number of hydrogen-bond acceptors (Lipinski definition) is 5. The first kappa shape index (κ1) is 23.1. The standard InChI is InChI=1S/C28H27NO5/c1-3-33-26-16-19(9-14-25(26)34-18-27(30)29-22-7-5-4-6-8-22)15-21-11-10-20-17-23(32-2)12-13-24(20)28(21)31/h4-9,12-17H,3,10-11,18H2,1-2H3,(H,29,30)/b21-15+. The summed E-state index contributed by atoms with van der Waals surface area (Å²) in [7, 11) is 1.62. The Morgan fingerprint density at radius 1 is 0.971 bits per heavy atom. The maximum atomic E-state index is 13.0. The molecule has 1 aliphatic rings.